The zero-order chi connectivity index (χ0) is 10.6. The van der Waals surface area contributed by atoms with Crippen molar-refractivity contribution in [3.63, 3.8) is 0 Å². The maximum Gasteiger partial charge on any atom is 0.250 e. The molecule has 2 nitrogen and oxygen atoms in total. The highest BCUT2D eigenvalue weighted by atomic mass is 79.9. The van der Waals surface area contributed by atoms with Crippen molar-refractivity contribution < 1.29 is 9.53 Å². The first-order valence-corrected chi connectivity index (χ1v) is 6.28. The Morgan fingerprint density at radius 2 is 1.92 bits per heavy atom. The molecule has 0 aromatic heterocycles. The quantitative estimate of drug-likeness (QED) is 0.702. The number of ketones is 1. The number of halogens is 5. The third kappa shape index (κ3) is 5.19. The molecular weight excluding hydrogens is 370 g/mol. The lowest BCUT2D eigenvalue weighted by Crippen LogP contribution is -2.35. The molecule has 0 rings (SSSR count). The molecule has 7 heteroatoms. The number of carbonyl (C=O) groups excluding carboxylic acids is 1. The minimum atomic E-state index is -1.92. The van der Waals surface area contributed by atoms with Crippen LogP contribution in [-0.2, 0) is 9.53 Å². The number of alkyl halides is 5. The molecule has 0 N–H and O–H groups in total. The largest absolute Gasteiger partial charge is 0.366 e. The van der Waals surface area contributed by atoms with Gasteiger partial charge in [0.05, 0.1) is 0 Å². The summed E-state index contributed by atoms with van der Waals surface area (Å²) >= 11 is 22.4. The molecule has 0 saturated carbocycles. The first-order chi connectivity index (χ1) is 5.80. The molecule has 13 heavy (non-hydrogen) atoms. The second-order valence-corrected chi connectivity index (χ2v) is 6.24. The van der Waals surface area contributed by atoms with E-state index in [1.807, 2.05) is 0 Å². The molecule has 0 fully saturated rings. The summed E-state index contributed by atoms with van der Waals surface area (Å²) in [6.45, 7) is 2.26. The normalized spacial score (nSPS) is 16.8. The number of carbonyl (C=O) groups is 1. The number of ether oxygens (including phenoxy) is 1. The predicted molar refractivity (Wildman–Crippen MR) is 62.4 cm³/mol. The highest BCUT2D eigenvalue weighted by Crippen LogP contribution is 2.32. The van der Waals surface area contributed by atoms with E-state index in [9.17, 15) is 4.79 Å². The van der Waals surface area contributed by atoms with Gasteiger partial charge in [-0.05, 0) is 6.92 Å². The predicted octanol–water partition coefficient (Wildman–Crippen LogP) is 3.45. The average Bonchev–Trinajstić information content (AvgIpc) is 2.00. The van der Waals surface area contributed by atoms with Crippen LogP contribution in [0.3, 0.4) is 0 Å². The molecule has 0 spiro atoms. The van der Waals surface area contributed by atoms with E-state index < -0.39 is 19.4 Å². The zero-order valence-corrected chi connectivity index (χ0v) is 12.0. The molecule has 0 saturated heterocycles. The van der Waals surface area contributed by atoms with Crippen LogP contribution in [0, 0.1) is 0 Å². The Morgan fingerprint density at radius 1 is 1.46 bits per heavy atom. The SMILES string of the molecule is CCO[C@@H](Br)[C@H](Br)C(=O)C(Cl)(Cl)Cl. The smallest absolute Gasteiger partial charge is 0.250 e. The number of Topliss-reactive ketones (excluding diaryl/α,β-unsaturated/α-hetero) is 1. The molecule has 0 aliphatic carbocycles. The van der Waals surface area contributed by atoms with E-state index in [0.717, 1.165) is 0 Å². The minimum Gasteiger partial charge on any atom is -0.366 e. The maximum atomic E-state index is 11.3. The van der Waals surface area contributed by atoms with E-state index >= 15 is 0 Å². The standard InChI is InChI=1S/C6H7Br2Cl3O2/c1-2-13-5(8)3(7)4(12)6(9,10)11/h3,5H,2H2,1H3/t3-,5-/m1/s1. The average molecular weight is 377 g/mol. The lowest BCUT2D eigenvalue weighted by Gasteiger charge is -2.19. The molecule has 0 bridgehead atoms. The molecule has 0 aliphatic heterocycles. The molecule has 78 valence electrons. The van der Waals surface area contributed by atoms with E-state index in [0.29, 0.717) is 6.61 Å². The van der Waals surface area contributed by atoms with E-state index in [-0.39, 0.29) is 0 Å². The number of hydrogen-bond donors (Lipinski definition) is 0. The van der Waals surface area contributed by atoms with Gasteiger partial charge >= 0.3 is 0 Å². The zero-order valence-electron chi connectivity index (χ0n) is 6.57. The van der Waals surface area contributed by atoms with Crippen LogP contribution < -0.4 is 0 Å². The summed E-state index contributed by atoms with van der Waals surface area (Å²) in [6.07, 6.45) is 0. The van der Waals surface area contributed by atoms with Gasteiger partial charge in [0.1, 0.15) is 9.84 Å². The van der Waals surface area contributed by atoms with E-state index in [4.69, 9.17) is 39.5 Å². The summed E-state index contributed by atoms with van der Waals surface area (Å²) < 4.78 is 3.17. The topological polar surface area (TPSA) is 26.3 Å². The van der Waals surface area contributed by atoms with Crippen molar-refractivity contribution in [2.45, 2.75) is 20.6 Å². The molecule has 2 atom stereocenters. The molecule has 0 heterocycles. The Kier molecular flexibility index (Phi) is 6.82. The fourth-order valence-corrected chi connectivity index (χ4v) is 2.27. The molecule has 0 amide bonds. The summed E-state index contributed by atoms with van der Waals surface area (Å²) in [5.74, 6) is -0.562. The number of hydrogen-bond acceptors (Lipinski definition) is 2. The summed E-state index contributed by atoms with van der Waals surface area (Å²) in [7, 11) is 0. The molecule has 0 aromatic rings. The van der Waals surface area contributed by atoms with Gasteiger partial charge < -0.3 is 4.74 Å². The monoisotopic (exact) mass is 374 g/mol. The van der Waals surface area contributed by atoms with Crippen LogP contribution in [-0.4, -0.2) is 26.0 Å². The number of rotatable bonds is 4. The summed E-state index contributed by atoms with van der Waals surface area (Å²) in [5, 5.41) is -0.499. The van der Waals surface area contributed by atoms with Gasteiger partial charge in [0.25, 0.3) is 0 Å². The van der Waals surface area contributed by atoms with Gasteiger partial charge in [-0.3, -0.25) is 4.79 Å². The fraction of sp³-hybridized carbons (Fsp3) is 0.833. The van der Waals surface area contributed by atoms with Crippen LogP contribution in [0.15, 0.2) is 0 Å². The van der Waals surface area contributed by atoms with Crippen molar-refractivity contribution in [1.82, 2.24) is 0 Å². The highest BCUT2D eigenvalue weighted by molar-refractivity contribution is 9.12. The Labute approximate surface area is 108 Å². The van der Waals surface area contributed by atoms with Gasteiger partial charge in [-0.1, -0.05) is 66.7 Å². The lowest BCUT2D eigenvalue weighted by atomic mass is 10.3. The van der Waals surface area contributed by atoms with Crippen LogP contribution in [0.1, 0.15) is 6.92 Å². The van der Waals surface area contributed by atoms with Crippen LogP contribution in [0.2, 0.25) is 0 Å². The summed E-state index contributed by atoms with van der Waals surface area (Å²) in [4.78, 5) is 10.6. The minimum absolute atomic E-state index is 0.463. The Morgan fingerprint density at radius 3 is 2.23 bits per heavy atom. The van der Waals surface area contributed by atoms with Crippen LogP contribution in [0.5, 0.6) is 0 Å². The molecule has 0 unspecified atom stereocenters. The van der Waals surface area contributed by atoms with Gasteiger partial charge in [-0.15, -0.1) is 0 Å². The maximum absolute atomic E-state index is 11.3. The highest BCUT2D eigenvalue weighted by Gasteiger charge is 2.38. The van der Waals surface area contributed by atoms with Crippen molar-refractivity contribution in [3.05, 3.63) is 0 Å². The van der Waals surface area contributed by atoms with Crippen molar-refractivity contribution >= 4 is 72.4 Å². The first kappa shape index (κ1) is 14.5. The fourth-order valence-electron chi connectivity index (χ4n) is 0.519. The van der Waals surface area contributed by atoms with Crippen LogP contribution in [0.4, 0.5) is 0 Å². The third-order valence-electron chi connectivity index (χ3n) is 1.09. The molecule has 0 aromatic carbocycles. The first-order valence-electron chi connectivity index (χ1n) is 3.31. The Bertz CT molecular complexity index is 183. The molecule has 0 aliphatic rings. The molecular formula is C6H7Br2Cl3O2. The van der Waals surface area contributed by atoms with Crippen molar-refractivity contribution in [3.8, 4) is 0 Å². The second kappa shape index (κ2) is 6.13. The van der Waals surface area contributed by atoms with Gasteiger partial charge in [0.2, 0.25) is 9.58 Å². The molecule has 0 radical (unpaired) electrons. The van der Waals surface area contributed by atoms with Crippen molar-refractivity contribution in [1.29, 1.82) is 0 Å². The Balaban J connectivity index is 4.26. The summed E-state index contributed by atoms with van der Waals surface area (Å²) in [6, 6.07) is 0. The van der Waals surface area contributed by atoms with E-state index in [1.54, 1.807) is 6.92 Å². The van der Waals surface area contributed by atoms with Crippen LogP contribution in [0.25, 0.3) is 0 Å². The second-order valence-electron chi connectivity index (χ2n) is 2.07. The third-order valence-corrected chi connectivity index (χ3v) is 4.04. The lowest BCUT2D eigenvalue weighted by molar-refractivity contribution is -0.118. The van der Waals surface area contributed by atoms with Gasteiger partial charge in [0.15, 0.2) is 0 Å². The van der Waals surface area contributed by atoms with Gasteiger partial charge in [-0.2, -0.15) is 0 Å². The van der Waals surface area contributed by atoms with Crippen molar-refractivity contribution in [2.75, 3.05) is 6.61 Å². The summed E-state index contributed by atoms with van der Waals surface area (Å²) in [5.41, 5.74) is 0. The van der Waals surface area contributed by atoms with Gasteiger partial charge in [-0.25, -0.2) is 0 Å². The Hall–Kier alpha value is 1.46. The van der Waals surface area contributed by atoms with E-state index in [2.05, 4.69) is 31.9 Å². The van der Waals surface area contributed by atoms with Crippen LogP contribution >= 0.6 is 66.7 Å². The van der Waals surface area contributed by atoms with Crippen molar-refractivity contribution in [2.24, 2.45) is 0 Å². The van der Waals surface area contributed by atoms with Gasteiger partial charge in [0, 0.05) is 6.61 Å². The van der Waals surface area contributed by atoms with E-state index in [1.165, 1.54) is 0 Å².